The first-order chi connectivity index (χ1) is 17.3. The van der Waals surface area contributed by atoms with E-state index < -0.39 is 35.1 Å². The molecular formula is C28H35N3O5. The van der Waals surface area contributed by atoms with Gasteiger partial charge in [0.2, 0.25) is 17.7 Å². The van der Waals surface area contributed by atoms with Crippen LogP contribution in [0.15, 0.2) is 42.5 Å². The summed E-state index contributed by atoms with van der Waals surface area (Å²) in [6.45, 7) is 5.99. The molecule has 3 N–H and O–H groups in total. The van der Waals surface area contributed by atoms with Crippen LogP contribution in [0.5, 0.6) is 0 Å². The minimum absolute atomic E-state index is 0.202. The molecule has 0 radical (unpaired) electrons. The molecule has 3 aliphatic rings. The molecule has 3 aliphatic heterocycles. The van der Waals surface area contributed by atoms with Gasteiger partial charge < -0.3 is 25.4 Å². The van der Waals surface area contributed by atoms with E-state index in [1.807, 2.05) is 63.2 Å². The van der Waals surface area contributed by atoms with Gasteiger partial charge in [0, 0.05) is 12.2 Å². The molecule has 2 bridgehead atoms. The smallest absolute Gasteiger partial charge is 0.250 e. The fraction of sp³-hybridized carbons (Fsp3) is 0.536. The summed E-state index contributed by atoms with van der Waals surface area (Å²) < 4.78 is 6.60. The van der Waals surface area contributed by atoms with Crippen LogP contribution in [-0.2, 0) is 19.1 Å². The molecule has 2 aromatic rings. The fourth-order valence-electron chi connectivity index (χ4n) is 6.71. The van der Waals surface area contributed by atoms with Gasteiger partial charge in [0.1, 0.15) is 11.6 Å². The monoisotopic (exact) mass is 493 g/mol. The van der Waals surface area contributed by atoms with Crippen molar-refractivity contribution in [3.05, 3.63) is 42.5 Å². The molecular weight excluding hydrogens is 458 g/mol. The number of hydrogen-bond donors (Lipinski definition) is 3. The van der Waals surface area contributed by atoms with Crippen molar-refractivity contribution < 1.29 is 24.2 Å². The number of hydrogen-bond acceptors (Lipinski definition) is 5. The predicted octanol–water partition coefficient (Wildman–Crippen LogP) is 2.84. The number of amides is 3. The number of fused-ring (bicyclic) bond motifs is 2. The Balaban J connectivity index is 1.53. The summed E-state index contributed by atoms with van der Waals surface area (Å²) in [6, 6.07) is 12.1. The number of nitrogens with one attached hydrogen (secondary N) is 2. The fourth-order valence-corrected chi connectivity index (χ4v) is 6.71. The second kappa shape index (κ2) is 9.16. The summed E-state index contributed by atoms with van der Waals surface area (Å²) in [5.41, 5.74) is -1.30. The summed E-state index contributed by atoms with van der Waals surface area (Å²) in [4.78, 5) is 42.7. The van der Waals surface area contributed by atoms with Crippen LogP contribution in [0.4, 0.5) is 5.69 Å². The van der Waals surface area contributed by atoms with Crippen LogP contribution < -0.4 is 10.6 Å². The van der Waals surface area contributed by atoms with E-state index in [1.165, 1.54) is 4.90 Å². The van der Waals surface area contributed by atoms with Gasteiger partial charge in [0.05, 0.1) is 30.1 Å². The molecule has 8 nitrogen and oxygen atoms in total. The van der Waals surface area contributed by atoms with Crippen molar-refractivity contribution in [1.82, 2.24) is 10.2 Å². The van der Waals surface area contributed by atoms with Gasteiger partial charge in [-0.15, -0.1) is 0 Å². The Labute approximate surface area is 211 Å². The van der Waals surface area contributed by atoms with Crippen LogP contribution in [0.2, 0.25) is 0 Å². The molecule has 2 unspecified atom stereocenters. The van der Waals surface area contributed by atoms with Crippen LogP contribution >= 0.6 is 0 Å². The Morgan fingerprint density at radius 2 is 1.89 bits per heavy atom. The van der Waals surface area contributed by atoms with E-state index in [0.29, 0.717) is 31.5 Å². The molecule has 0 saturated carbocycles. The number of benzene rings is 2. The van der Waals surface area contributed by atoms with Crippen molar-refractivity contribution in [3.8, 4) is 0 Å². The number of carbonyl (C=O) groups is 3. The highest BCUT2D eigenvalue weighted by Gasteiger charge is 2.78. The molecule has 3 heterocycles. The molecule has 2 aromatic carbocycles. The first kappa shape index (κ1) is 24.7. The predicted molar refractivity (Wildman–Crippen MR) is 136 cm³/mol. The highest BCUT2D eigenvalue weighted by atomic mass is 16.5. The molecule has 3 amide bonds. The maximum atomic E-state index is 14.0. The van der Waals surface area contributed by atoms with Gasteiger partial charge in [0.25, 0.3) is 0 Å². The maximum Gasteiger partial charge on any atom is 0.250 e. The van der Waals surface area contributed by atoms with Crippen molar-refractivity contribution in [2.45, 2.75) is 69.7 Å². The lowest BCUT2D eigenvalue weighted by Gasteiger charge is -2.36. The molecule has 5 rings (SSSR count). The number of ether oxygens (including phenoxy) is 1. The van der Waals surface area contributed by atoms with E-state index in [4.69, 9.17) is 4.74 Å². The summed E-state index contributed by atoms with van der Waals surface area (Å²) in [5.74, 6) is -2.28. The number of likely N-dealkylation sites (tertiary alicyclic amines) is 1. The van der Waals surface area contributed by atoms with E-state index in [1.54, 1.807) is 0 Å². The van der Waals surface area contributed by atoms with E-state index in [9.17, 15) is 19.5 Å². The SMILES string of the molecule is CCCNC(=O)[C@H]1[C@H]2C(=O)N([C@@H](CC)CO)C(C(=O)Nc3ccc4ccccc4c3)C23CC[C@]1(C)O3. The third-order valence-corrected chi connectivity index (χ3v) is 8.39. The molecule has 0 aliphatic carbocycles. The molecule has 36 heavy (non-hydrogen) atoms. The minimum Gasteiger partial charge on any atom is -0.394 e. The minimum atomic E-state index is -1.11. The van der Waals surface area contributed by atoms with Crippen LogP contribution in [0.25, 0.3) is 10.8 Å². The Bertz CT molecular complexity index is 1200. The number of rotatable bonds is 8. The van der Waals surface area contributed by atoms with Gasteiger partial charge in [-0.1, -0.05) is 44.2 Å². The lowest BCUT2D eigenvalue weighted by atomic mass is 9.66. The second-order valence-electron chi connectivity index (χ2n) is 10.6. The van der Waals surface area contributed by atoms with Crippen LogP contribution in [0.1, 0.15) is 46.5 Å². The average molecular weight is 494 g/mol. The third kappa shape index (κ3) is 3.61. The summed E-state index contributed by atoms with van der Waals surface area (Å²) >= 11 is 0. The third-order valence-electron chi connectivity index (χ3n) is 8.39. The van der Waals surface area contributed by atoms with Crippen molar-refractivity contribution >= 4 is 34.2 Å². The van der Waals surface area contributed by atoms with E-state index >= 15 is 0 Å². The van der Waals surface area contributed by atoms with Crippen molar-refractivity contribution in [1.29, 1.82) is 0 Å². The number of aliphatic hydroxyl groups excluding tert-OH is 1. The Morgan fingerprint density at radius 1 is 1.14 bits per heavy atom. The Kier molecular flexibility index (Phi) is 6.29. The zero-order valence-corrected chi connectivity index (χ0v) is 21.1. The van der Waals surface area contributed by atoms with Crippen LogP contribution in [0.3, 0.4) is 0 Å². The molecule has 192 valence electrons. The number of carbonyl (C=O) groups excluding carboxylic acids is 3. The largest absolute Gasteiger partial charge is 0.394 e. The first-order valence-electron chi connectivity index (χ1n) is 13.0. The lowest BCUT2D eigenvalue weighted by Crippen LogP contribution is -2.56. The zero-order chi connectivity index (χ0) is 25.7. The molecule has 6 atom stereocenters. The van der Waals surface area contributed by atoms with Crippen LogP contribution in [-0.4, -0.2) is 64.2 Å². The van der Waals surface area contributed by atoms with Gasteiger partial charge >= 0.3 is 0 Å². The summed E-state index contributed by atoms with van der Waals surface area (Å²) in [7, 11) is 0. The maximum absolute atomic E-state index is 14.0. The van der Waals surface area contributed by atoms with Gasteiger partial charge in [-0.05, 0) is 55.5 Å². The van der Waals surface area contributed by atoms with Crippen LogP contribution in [0, 0.1) is 11.8 Å². The zero-order valence-electron chi connectivity index (χ0n) is 21.1. The second-order valence-corrected chi connectivity index (χ2v) is 10.6. The standard InChI is InChI=1S/C28H35N3O5/c1-4-14-29-24(33)21-22-26(35)31(20(5-2)16-32)23(28(22)13-12-27(21,3)36-28)25(34)30-19-11-10-17-8-6-7-9-18(17)15-19/h6-11,15,20-23,32H,4-5,12-14,16H2,1-3H3,(H,29,33)(H,30,34)/t20-,21+,22-,23?,27-,28?/m0/s1. The number of nitrogens with zero attached hydrogens (tertiary/aromatic N) is 1. The normalized spacial score (nSPS) is 31.5. The van der Waals surface area contributed by atoms with Gasteiger partial charge in [-0.2, -0.15) is 0 Å². The van der Waals surface area contributed by atoms with E-state index in [0.717, 1.165) is 17.2 Å². The van der Waals surface area contributed by atoms with Crippen molar-refractivity contribution in [3.63, 3.8) is 0 Å². The highest BCUT2D eigenvalue weighted by molar-refractivity contribution is 6.04. The summed E-state index contributed by atoms with van der Waals surface area (Å²) in [5, 5.41) is 18.2. The molecule has 0 aromatic heterocycles. The van der Waals surface area contributed by atoms with Crippen molar-refractivity contribution in [2.75, 3.05) is 18.5 Å². The molecule has 1 spiro atoms. The van der Waals surface area contributed by atoms with Gasteiger partial charge in [-0.25, -0.2) is 0 Å². The lowest BCUT2D eigenvalue weighted by molar-refractivity contribution is -0.148. The number of aliphatic hydroxyl groups is 1. The average Bonchev–Trinajstić information content (AvgIpc) is 3.44. The molecule has 3 fully saturated rings. The molecule has 8 heteroatoms. The summed E-state index contributed by atoms with van der Waals surface area (Å²) in [6.07, 6.45) is 2.36. The van der Waals surface area contributed by atoms with Crippen molar-refractivity contribution in [2.24, 2.45) is 11.8 Å². The highest BCUT2D eigenvalue weighted by Crippen LogP contribution is 2.63. The van der Waals surface area contributed by atoms with E-state index in [-0.39, 0.29) is 24.3 Å². The number of anilines is 1. The first-order valence-corrected chi connectivity index (χ1v) is 13.0. The molecule has 3 saturated heterocycles. The Hall–Kier alpha value is -2.97. The van der Waals surface area contributed by atoms with E-state index in [2.05, 4.69) is 10.6 Å². The topological polar surface area (TPSA) is 108 Å². The quantitative estimate of drug-likeness (QED) is 0.524. The van der Waals surface area contributed by atoms with Gasteiger partial charge in [0.15, 0.2) is 0 Å². The van der Waals surface area contributed by atoms with Gasteiger partial charge in [-0.3, -0.25) is 14.4 Å². The Morgan fingerprint density at radius 3 is 2.58 bits per heavy atom.